The van der Waals surface area contributed by atoms with E-state index in [9.17, 15) is 19.8 Å². The first-order valence-corrected chi connectivity index (χ1v) is 13.7. The average molecular weight is 609 g/mol. The fraction of sp³-hybridized carbons (Fsp3) is 0.207. The largest absolute Gasteiger partial charge is 0.507 e. The second kappa shape index (κ2) is 10.3. The van der Waals surface area contributed by atoms with Crippen LogP contribution in [0.5, 0.6) is 17.2 Å². The third kappa shape index (κ3) is 4.63. The van der Waals surface area contributed by atoms with Crippen LogP contribution < -0.4 is 14.4 Å². The molecule has 1 amide bonds. The topological polar surface area (TPSA) is 109 Å². The molecule has 0 spiro atoms. The molecule has 0 radical (unpaired) electrons. The summed E-state index contributed by atoms with van der Waals surface area (Å²) in [6, 6.07) is 13.0. The number of fused-ring (bicyclic) bond motifs is 1. The van der Waals surface area contributed by atoms with Crippen molar-refractivity contribution in [3.63, 3.8) is 0 Å². The molecular weight excluding hydrogens is 584 g/mol. The van der Waals surface area contributed by atoms with Crippen molar-refractivity contribution >= 4 is 60.1 Å². The number of thiazole rings is 1. The maximum absolute atomic E-state index is 13.6. The molecule has 0 saturated carbocycles. The Balaban J connectivity index is 1.77. The van der Waals surface area contributed by atoms with Crippen LogP contribution in [0.4, 0.5) is 5.13 Å². The van der Waals surface area contributed by atoms with E-state index >= 15 is 0 Å². The van der Waals surface area contributed by atoms with Crippen molar-refractivity contribution in [2.75, 3.05) is 18.6 Å². The number of ether oxygens (including phenoxy) is 2. The first-order chi connectivity index (χ1) is 18.6. The summed E-state index contributed by atoms with van der Waals surface area (Å²) in [5.74, 6) is -1.26. The van der Waals surface area contributed by atoms with E-state index in [-0.39, 0.29) is 28.0 Å². The van der Waals surface area contributed by atoms with Gasteiger partial charge in [0.1, 0.15) is 11.5 Å². The molecule has 200 valence electrons. The number of nitrogens with zero attached hydrogens (tertiary/aromatic N) is 2. The lowest BCUT2D eigenvalue weighted by Crippen LogP contribution is -2.29. The zero-order chi connectivity index (χ0) is 28.0. The highest BCUT2D eigenvalue weighted by atomic mass is 79.9. The summed E-state index contributed by atoms with van der Waals surface area (Å²) >= 11 is 4.58. The molecule has 1 saturated heterocycles. The highest BCUT2D eigenvalue weighted by Gasteiger charge is 2.48. The van der Waals surface area contributed by atoms with Crippen LogP contribution in [0.15, 0.2) is 58.6 Å². The fourth-order valence-electron chi connectivity index (χ4n) is 4.64. The maximum atomic E-state index is 13.6. The van der Waals surface area contributed by atoms with Crippen molar-refractivity contribution in [3.05, 3.63) is 80.8 Å². The molecule has 0 aliphatic carbocycles. The van der Waals surface area contributed by atoms with E-state index in [4.69, 9.17) is 9.47 Å². The number of benzene rings is 3. The number of phenols is 1. The number of aromatic nitrogens is 1. The van der Waals surface area contributed by atoms with Crippen molar-refractivity contribution in [2.24, 2.45) is 0 Å². The van der Waals surface area contributed by atoms with Crippen LogP contribution in [-0.4, -0.2) is 40.6 Å². The van der Waals surface area contributed by atoms with E-state index in [2.05, 4.69) is 20.9 Å². The minimum absolute atomic E-state index is 0.0809. The van der Waals surface area contributed by atoms with Gasteiger partial charge in [-0.05, 0) is 84.2 Å². The van der Waals surface area contributed by atoms with Gasteiger partial charge in [0.25, 0.3) is 5.78 Å². The molecule has 0 bridgehead atoms. The second-order valence-electron chi connectivity index (χ2n) is 9.10. The molecule has 5 rings (SSSR count). The second-order valence-corrected chi connectivity index (χ2v) is 11.0. The maximum Gasteiger partial charge on any atom is 0.301 e. The van der Waals surface area contributed by atoms with Gasteiger partial charge < -0.3 is 19.7 Å². The van der Waals surface area contributed by atoms with Crippen LogP contribution in [0.25, 0.3) is 16.0 Å². The Kier molecular flexibility index (Phi) is 7.09. The lowest BCUT2D eigenvalue weighted by molar-refractivity contribution is -0.132. The van der Waals surface area contributed by atoms with Gasteiger partial charge >= 0.3 is 5.91 Å². The SMILES string of the molecule is CCOc1ccc2nc(N3C(=O)C(=O)/C(=C(/O)c4cc(C)ccc4C)C3c3cc(Br)c(O)c(OC)c3)sc2c1. The Morgan fingerprint density at radius 3 is 2.62 bits per heavy atom. The number of aryl methyl sites for hydroxylation is 2. The number of aliphatic hydroxyl groups is 1. The van der Waals surface area contributed by atoms with Crippen molar-refractivity contribution < 1.29 is 29.3 Å². The van der Waals surface area contributed by atoms with Gasteiger partial charge in [0.2, 0.25) is 0 Å². The Labute approximate surface area is 237 Å². The Bertz CT molecular complexity index is 1680. The summed E-state index contributed by atoms with van der Waals surface area (Å²) in [5.41, 5.74) is 3.08. The molecular formula is C29H25BrN2O6S. The molecule has 4 aromatic rings. The molecule has 2 N–H and O–H groups in total. The lowest BCUT2D eigenvalue weighted by Gasteiger charge is -2.24. The van der Waals surface area contributed by atoms with E-state index in [1.807, 2.05) is 39.0 Å². The molecule has 1 aliphatic heterocycles. The minimum atomic E-state index is -1.04. The molecule has 2 heterocycles. The van der Waals surface area contributed by atoms with E-state index in [1.54, 1.807) is 30.3 Å². The molecule has 1 unspecified atom stereocenters. The number of amides is 1. The zero-order valence-corrected chi connectivity index (χ0v) is 24.0. The van der Waals surface area contributed by atoms with Crippen LogP contribution in [0.3, 0.4) is 0 Å². The standard InChI is InChI=1S/C29H25BrN2O6S/c1-5-38-17-8-9-20-22(13-17)39-29(31-20)32-24(16-11-19(30)26(34)21(12-16)37-4)23(27(35)28(32)36)25(33)18-10-14(2)6-7-15(18)3/h6-13,24,33-34H,5H2,1-4H3/b25-23+. The number of hydrogen-bond acceptors (Lipinski definition) is 8. The predicted molar refractivity (Wildman–Crippen MR) is 154 cm³/mol. The Hall–Kier alpha value is -3.89. The summed E-state index contributed by atoms with van der Waals surface area (Å²) in [6.45, 7) is 6.10. The van der Waals surface area contributed by atoms with Gasteiger partial charge in [-0.1, -0.05) is 29.0 Å². The normalized spacial score (nSPS) is 16.7. The van der Waals surface area contributed by atoms with E-state index in [1.165, 1.54) is 23.3 Å². The quantitative estimate of drug-likeness (QED) is 0.148. The lowest BCUT2D eigenvalue weighted by atomic mass is 9.93. The van der Waals surface area contributed by atoms with Crippen LogP contribution in [0, 0.1) is 13.8 Å². The molecule has 10 heteroatoms. The van der Waals surface area contributed by atoms with Gasteiger partial charge in [-0.2, -0.15) is 0 Å². The number of aliphatic hydroxyl groups excluding tert-OH is 1. The van der Waals surface area contributed by atoms with Crippen molar-refractivity contribution in [1.82, 2.24) is 4.98 Å². The first-order valence-electron chi connectivity index (χ1n) is 12.1. The number of carbonyl (C=O) groups excluding carboxylic acids is 2. The van der Waals surface area contributed by atoms with Crippen LogP contribution in [0.2, 0.25) is 0 Å². The van der Waals surface area contributed by atoms with Crippen LogP contribution in [0.1, 0.15) is 35.2 Å². The highest BCUT2D eigenvalue weighted by molar-refractivity contribution is 9.10. The van der Waals surface area contributed by atoms with Crippen molar-refractivity contribution in [2.45, 2.75) is 26.8 Å². The summed E-state index contributed by atoms with van der Waals surface area (Å²) in [7, 11) is 1.40. The van der Waals surface area contributed by atoms with E-state index in [0.717, 1.165) is 15.8 Å². The van der Waals surface area contributed by atoms with Crippen molar-refractivity contribution in [1.29, 1.82) is 0 Å². The van der Waals surface area contributed by atoms with Gasteiger partial charge in [-0.3, -0.25) is 14.5 Å². The summed E-state index contributed by atoms with van der Waals surface area (Å²) in [4.78, 5) is 33.2. The van der Waals surface area contributed by atoms with Gasteiger partial charge in [0.05, 0.1) is 40.0 Å². The fourth-order valence-corrected chi connectivity index (χ4v) is 6.12. The number of rotatable bonds is 6. The molecule has 1 aromatic heterocycles. The zero-order valence-electron chi connectivity index (χ0n) is 21.6. The van der Waals surface area contributed by atoms with E-state index < -0.39 is 17.7 Å². The average Bonchev–Trinajstić information content (AvgIpc) is 3.44. The summed E-state index contributed by atoms with van der Waals surface area (Å²) in [5, 5.41) is 22.3. The highest BCUT2D eigenvalue weighted by Crippen LogP contribution is 2.47. The third-order valence-electron chi connectivity index (χ3n) is 6.54. The van der Waals surface area contributed by atoms with Gasteiger partial charge in [-0.25, -0.2) is 4.98 Å². The smallest absolute Gasteiger partial charge is 0.301 e. The first kappa shape index (κ1) is 26.7. The van der Waals surface area contributed by atoms with Gasteiger partial charge in [0, 0.05) is 5.56 Å². The summed E-state index contributed by atoms with van der Waals surface area (Å²) < 4.78 is 12.0. The minimum Gasteiger partial charge on any atom is -0.507 e. The Morgan fingerprint density at radius 1 is 1.13 bits per heavy atom. The van der Waals surface area contributed by atoms with Crippen molar-refractivity contribution in [3.8, 4) is 17.2 Å². The number of ketones is 1. The number of halogens is 1. The number of anilines is 1. The molecule has 8 nitrogen and oxygen atoms in total. The Morgan fingerprint density at radius 2 is 1.90 bits per heavy atom. The van der Waals surface area contributed by atoms with Gasteiger partial charge in [-0.15, -0.1) is 0 Å². The number of carbonyl (C=O) groups is 2. The molecule has 3 aromatic carbocycles. The number of aromatic hydroxyl groups is 1. The van der Waals surface area contributed by atoms with Crippen LogP contribution >= 0.6 is 27.3 Å². The van der Waals surface area contributed by atoms with E-state index in [0.29, 0.717) is 33.5 Å². The molecule has 1 fully saturated rings. The number of Topliss-reactive ketones (excluding diaryl/α,β-unsaturated/α-hetero) is 1. The summed E-state index contributed by atoms with van der Waals surface area (Å²) in [6.07, 6.45) is 0. The predicted octanol–water partition coefficient (Wildman–Crippen LogP) is 6.41. The number of phenolic OH excluding ortho intramolecular Hbond substituents is 1. The van der Waals surface area contributed by atoms with Crippen LogP contribution in [-0.2, 0) is 9.59 Å². The molecule has 39 heavy (non-hydrogen) atoms. The number of hydrogen-bond donors (Lipinski definition) is 2. The van der Waals surface area contributed by atoms with Gasteiger partial charge in [0.15, 0.2) is 16.6 Å². The third-order valence-corrected chi connectivity index (χ3v) is 8.17. The molecule has 1 aliphatic rings. The molecule has 1 atom stereocenters. The number of methoxy groups -OCH3 is 1. The monoisotopic (exact) mass is 608 g/mol.